The second-order valence-corrected chi connectivity index (χ2v) is 10.2. The largest absolute Gasteiger partial charge is 0.482 e. The summed E-state index contributed by atoms with van der Waals surface area (Å²) in [5, 5.41) is 5.52. The molecule has 0 bridgehead atoms. The molecule has 1 atom stereocenters. The fraction of sp³-hybridized carbons (Fsp3) is 0.267. The predicted octanol–water partition coefficient (Wildman–Crippen LogP) is 2.96. The number of benzene rings is 2. The van der Waals surface area contributed by atoms with E-state index in [1.54, 1.807) is 37.4 Å². The number of amides is 5. The van der Waals surface area contributed by atoms with E-state index in [0.29, 0.717) is 46.6 Å². The van der Waals surface area contributed by atoms with Crippen LogP contribution in [0.3, 0.4) is 0 Å². The van der Waals surface area contributed by atoms with Crippen molar-refractivity contribution in [3.63, 3.8) is 0 Å². The smallest absolute Gasteiger partial charge is 0.264 e. The van der Waals surface area contributed by atoms with Gasteiger partial charge in [-0.05, 0) is 56.2 Å². The molecule has 0 saturated carbocycles. The van der Waals surface area contributed by atoms with Crippen LogP contribution in [0, 0.1) is 6.92 Å². The van der Waals surface area contributed by atoms with Gasteiger partial charge in [0.15, 0.2) is 6.61 Å². The first-order valence-corrected chi connectivity index (χ1v) is 13.5. The van der Waals surface area contributed by atoms with Crippen LogP contribution in [0.1, 0.15) is 46.2 Å². The maximum absolute atomic E-state index is 13.7. The highest BCUT2D eigenvalue weighted by Crippen LogP contribution is 2.43. The Hall–Kier alpha value is -5.26. The lowest BCUT2D eigenvalue weighted by atomic mass is 10.0. The number of anilines is 3. The van der Waals surface area contributed by atoms with Gasteiger partial charge in [0, 0.05) is 36.5 Å². The van der Waals surface area contributed by atoms with Crippen molar-refractivity contribution >= 4 is 46.6 Å². The molecule has 12 heteroatoms. The highest BCUT2D eigenvalue weighted by Gasteiger charge is 2.45. The van der Waals surface area contributed by atoms with Crippen molar-refractivity contribution in [1.82, 2.24) is 15.2 Å². The van der Waals surface area contributed by atoms with Gasteiger partial charge < -0.3 is 19.7 Å². The van der Waals surface area contributed by atoms with E-state index in [-0.39, 0.29) is 36.5 Å². The Morgan fingerprint density at radius 1 is 1.05 bits per heavy atom. The van der Waals surface area contributed by atoms with Gasteiger partial charge in [0.1, 0.15) is 11.8 Å². The number of carbonyl (C=O) groups excluding carboxylic acids is 5. The standard InChI is InChI=1S/C30H27N5O7/c1-4-41-25-11-16(10-15(2)31-25)18-12-23-22(34(3)26(37)14-42-23)13-20(18)32-19-7-5-6-17-27(19)30(40)35(29(17)39)21-8-9-24(36)33-28(21)38/h5-7,10-13,21,32H,4,8-9,14H2,1-3H3,(H,33,36,38). The minimum Gasteiger partial charge on any atom is -0.482 e. The molecule has 2 aromatic carbocycles. The molecule has 42 heavy (non-hydrogen) atoms. The molecular formula is C30H27N5O7. The van der Waals surface area contributed by atoms with E-state index in [4.69, 9.17) is 9.47 Å². The van der Waals surface area contributed by atoms with Gasteiger partial charge in [-0.15, -0.1) is 0 Å². The van der Waals surface area contributed by atoms with Crippen LogP contribution in [0.25, 0.3) is 11.1 Å². The SMILES string of the molecule is CCOc1cc(-c2cc3c(cc2Nc2cccc4c2C(=O)N(C2CCC(=O)NC2=O)C4=O)N(C)C(=O)CO3)cc(C)n1. The number of pyridine rings is 1. The summed E-state index contributed by atoms with van der Waals surface area (Å²) < 4.78 is 11.4. The summed E-state index contributed by atoms with van der Waals surface area (Å²) in [7, 11) is 1.65. The maximum atomic E-state index is 13.7. The van der Waals surface area contributed by atoms with Crippen molar-refractivity contribution < 1.29 is 33.4 Å². The molecule has 3 aliphatic heterocycles. The summed E-state index contributed by atoms with van der Waals surface area (Å²) in [4.78, 5) is 70.5. The number of fused-ring (bicyclic) bond motifs is 2. The molecule has 0 radical (unpaired) electrons. The van der Waals surface area contributed by atoms with Gasteiger partial charge in [0.2, 0.25) is 17.7 Å². The second-order valence-electron chi connectivity index (χ2n) is 10.2. The zero-order valence-electron chi connectivity index (χ0n) is 23.1. The maximum Gasteiger partial charge on any atom is 0.264 e. The zero-order chi connectivity index (χ0) is 29.7. The van der Waals surface area contributed by atoms with Crippen molar-refractivity contribution in [2.75, 3.05) is 30.5 Å². The van der Waals surface area contributed by atoms with Crippen LogP contribution in [0.4, 0.5) is 17.1 Å². The fourth-order valence-corrected chi connectivity index (χ4v) is 5.44. The Morgan fingerprint density at radius 3 is 2.62 bits per heavy atom. The summed E-state index contributed by atoms with van der Waals surface area (Å²) in [6, 6.07) is 11.0. The molecule has 6 rings (SSSR count). The van der Waals surface area contributed by atoms with Gasteiger partial charge in [-0.25, -0.2) is 4.98 Å². The van der Waals surface area contributed by atoms with Crippen LogP contribution >= 0.6 is 0 Å². The monoisotopic (exact) mass is 569 g/mol. The molecule has 1 fully saturated rings. The number of piperidine rings is 1. The first-order valence-electron chi connectivity index (χ1n) is 13.5. The van der Waals surface area contributed by atoms with Crippen LogP contribution in [0.2, 0.25) is 0 Å². The molecule has 3 aromatic rings. The normalized spacial score (nSPS) is 18.0. The van der Waals surface area contributed by atoms with E-state index in [1.165, 1.54) is 11.0 Å². The number of hydrogen-bond acceptors (Lipinski definition) is 9. The highest BCUT2D eigenvalue weighted by atomic mass is 16.5. The topological polar surface area (TPSA) is 147 Å². The molecule has 1 aromatic heterocycles. The number of nitrogens with zero attached hydrogens (tertiary/aromatic N) is 3. The Morgan fingerprint density at radius 2 is 1.86 bits per heavy atom. The number of likely N-dealkylation sites (N-methyl/N-ethyl adjacent to an activating group) is 1. The average Bonchev–Trinajstić information content (AvgIpc) is 3.21. The van der Waals surface area contributed by atoms with Crippen LogP contribution < -0.4 is 25.0 Å². The molecule has 2 N–H and O–H groups in total. The Kier molecular flexibility index (Phi) is 6.60. The number of aromatic nitrogens is 1. The first-order chi connectivity index (χ1) is 20.2. The van der Waals surface area contributed by atoms with Gasteiger partial charge in [-0.1, -0.05) is 6.07 Å². The Balaban J connectivity index is 1.45. The lowest BCUT2D eigenvalue weighted by Crippen LogP contribution is -2.54. The first kappa shape index (κ1) is 26.9. The van der Waals surface area contributed by atoms with Gasteiger partial charge in [0.25, 0.3) is 17.7 Å². The van der Waals surface area contributed by atoms with Crippen LogP contribution in [-0.4, -0.2) is 65.7 Å². The fourth-order valence-electron chi connectivity index (χ4n) is 5.44. The Labute approximate surface area is 240 Å². The molecule has 0 aliphatic carbocycles. The van der Waals surface area contributed by atoms with Crippen molar-refractivity contribution in [2.45, 2.75) is 32.7 Å². The van der Waals surface area contributed by atoms with Crippen molar-refractivity contribution in [2.24, 2.45) is 0 Å². The predicted molar refractivity (Wildman–Crippen MR) is 151 cm³/mol. The third kappa shape index (κ3) is 4.50. The minimum absolute atomic E-state index is 0.0246. The number of hydrogen-bond donors (Lipinski definition) is 2. The molecule has 1 saturated heterocycles. The molecule has 1 unspecified atom stereocenters. The summed E-state index contributed by atoms with van der Waals surface area (Å²) in [6.45, 7) is 4.03. The summed E-state index contributed by atoms with van der Waals surface area (Å²) in [5.74, 6) is -1.66. The number of ether oxygens (including phenoxy) is 2. The molecule has 4 heterocycles. The lowest BCUT2D eigenvalue weighted by molar-refractivity contribution is -0.136. The third-order valence-electron chi connectivity index (χ3n) is 7.46. The molecule has 3 aliphatic rings. The number of nitrogens with one attached hydrogen (secondary N) is 2. The lowest BCUT2D eigenvalue weighted by Gasteiger charge is -2.28. The summed E-state index contributed by atoms with van der Waals surface area (Å²) in [5.41, 5.74) is 3.78. The molecular weight excluding hydrogens is 542 g/mol. The van der Waals surface area contributed by atoms with Crippen LogP contribution in [-0.2, 0) is 14.4 Å². The van der Waals surface area contributed by atoms with Crippen LogP contribution in [0.5, 0.6) is 11.6 Å². The molecule has 5 amide bonds. The zero-order valence-corrected chi connectivity index (χ0v) is 23.1. The van der Waals surface area contributed by atoms with Crippen LogP contribution in [0.15, 0.2) is 42.5 Å². The molecule has 0 spiro atoms. The highest BCUT2D eigenvalue weighted by molar-refractivity contribution is 6.25. The minimum atomic E-state index is -1.09. The van der Waals surface area contributed by atoms with Gasteiger partial charge in [-0.2, -0.15) is 0 Å². The van der Waals surface area contributed by atoms with Crippen molar-refractivity contribution in [3.05, 3.63) is 59.3 Å². The number of rotatable bonds is 6. The summed E-state index contributed by atoms with van der Waals surface area (Å²) >= 11 is 0. The van der Waals surface area contributed by atoms with E-state index in [9.17, 15) is 24.0 Å². The van der Waals surface area contributed by atoms with E-state index < -0.39 is 29.7 Å². The third-order valence-corrected chi connectivity index (χ3v) is 7.46. The van der Waals surface area contributed by atoms with E-state index in [2.05, 4.69) is 15.6 Å². The van der Waals surface area contributed by atoms with Crippen molar-refractivity contribution in [1.29, 1.82) is 0 Å². The average molecular weight is 570 g/mol. The quantitative estimate of drug-likeness (QED) is 0.428. The summed E-state index contributed by atoms with van der Waals surface area (Å²) in [6.07, 6.45) is 0.0780. The number of carbonyl (C=O) groups is 5. The van der Waals surface area contributed by atoms with Gasteiger partial charge in [0.05, 0.1) is 29.1 Å². The van der Waals surface area contributed by atoms with E-state index in [1.807, 2.05) is 19.9 Å². The second kappa shape index (κ2) is 10.3. The van der Waals surface area contributed by atoms with Crippen molar-refractivity contribution in [3.8, 4) is 22.8 Å². The number of imide groups is 2. The Bertz CT molecular complexity index is 1700. The van der Waals surface area contributed by atoms with E-state index >= 15 is 0 Å². The van der Waals surface area contributed by atoms with Gasteiger partial charge >= 0.3 is 0 Å². The number of aryl methyl sites for hydroxylation is 1. The molecule has 12 nitrogen and oxygen atoms in total. The molecule has 214 valence electrons. The van der Waals surface area contributed by atoms with Gasteiger partial charge in [-0.3, -0.25) is 34.2 Å². The van der Waals surface area contributed by atoms with E-state index in [0.717, 1.165) is 10.5 Å².